The van der Waals surface area contributed by atoms with Gasteiger partial charge in [-0.3, -0.25) is 9.30 Å². The topological polar surface area (TPSA) is 82.6 Å². The molecule has 8 heteroatoms. The summed E-state index contributed by atoms with van der Waals surface area (Å²) in [6, 6.07) is 14.5. The first kappa shape index (κ1) is 19.7. The molecule has 0 saturated heterocycles. The molecular weight excluding hydrogens is 406 g/mol. The first-order chi connectivity index (χ1) is 13.9. The standard InChI is InChI=1S/C21H21N3O3S2/c1-14-6-3-4-9-19(14)29(26,27)24(2)18-8-5-7-15-12-17(23-20(15)18)21-22-13-16(28-21)10-11-25/h3-9,11-12,16,23H,10,13H2,1-2H3. The van der Waals surface area contributed by atoms with E-state index in [2.05, 4.69) is 9.98 Å². The lowest BCUT2D eigenvalue weighted by atomic mass is 10.2. The number of benzene rings is 2. The summed E-state index contributed by atoms with van der Waals surface area (Å²) in [4.78, 5) is 18.9. The van der Waals surface area contributed by atoms with E-state index < -0.39 is 10.0 Å². The van der Waals surface area contributed by atoms with Crippen LogP contribution < -0.4 is 4.31 Å². The molecular formula is C21H21N3O3S2. The number of anilines is 1. The SMILES string of the molecule is Cc1ccccc1S(=O)(=O)N(C)c1cccc2cc(C3=NCC(CC=O)S3)[nH]c12. The van der Waals surface area contributed by atoms with Gasteiger partial charge in [-0.25, -0.2) is 8.42 Å². The van der Waals surface area contributed by atoms with Crippen LogP contribution in [-0.2, 0) is 14.8 Å². The summed E-state index contributed by atoms with van der Waals surface area (Å²) < 4.78 is 27.8. The smallest absolute Gasteiger partial charge is 0.264 e. The lowest BCUT2D eigenvalue weighted by molar-refractivity contribution is -0.107. The van der Waals surface area contributed by atoms with Crippen molar-refractivity contribution in [2.45, 2.75) is 23.5 Å². The van der Waals surface area contributed by atoms with Crippen LogP contribution in [-0.4, -0.2) is 43.6 Å². The van der Waals surface area contributed by atoms with Crippen molar-refractivity contribution in [3.8, 4) is 0 Å². The number of aldehydes is 1. The van der Waals surface area contributed by atoms with Gasteiger partial charge in [0.1, 0.15) is 11.3 Å². The van der Waals surface area contributed by atoms with E-state index in [1.54, 1.807) is 50.0 Å². The van der Waals surface area contributed by atoms with Crippen LogP contribution in [0.5, 0.6) is 0 Å². The fraction of sp³-hybridized carbons (Fsp3) is 0.238. The van der Waals surface area contributed by atoms with E-state index in [0.29, 0.717) is 29.1 Å². The number of nitrogens with zero attached hydrogens (tertiary/aromatic N) is 2. The van der Waals surface area contributed by atoms with E-state index in [1.807, 2.05) is 24.3 Å². The van der Waals surface area contributed by atoms with Crippen molar-refractivity contribution in [1.29, 1.82) is 0 Å². The molecule has 0 amide bonds. The molecule has 0 bridgehead atoms. The molecule has 2 aromatic carbocycles. The summed E-state index contributed by atoms with van der Waals surface area (Å²) >= 11 is 1.58. The van der Waals surface area contributed by atoms with Crippen molar-refractivity contribution in [3.63, 3.8) is 0 Å². The molecule has 150 valence electrons. The molecule has 1 aliphatic heterocycles. The van der Waals surface area contributed by atoms with E-state index in [9.17, 15) is 13.2 Å². The molecule has 1 unspecified atom stereocenters. The molecule has 0 aliphatic carbocycles. The van der Waals surface area contributed by atoms with E-state index in [1.165, 1.54) is 4.31 Å². The number of H-pyrrole nitrogens is 1. The van der Waals surface area contributed by atoms with Gasteiger partial charge in [0, 0.05) is 24.1 Å². The van der Waals surface area contributed by atoms with Crippen molar-refractivity contribution in [3.05, 3.63) is 59.8 Å². The van der Waals surface area contributed by atoms with Crippen molar-refractivity contribution in [2.24, 2.45) is 4.99 Å². The largest absolute Gasteiger partial charge is 0.351 e. The summed E-state index contributed by atoms with van der Waals surface area (Å²) in [5, 5.41) is 1.92. The number of aryl methyl sites for hydroxylation is 1. The number of rotatable bonds is 6. The Bertz CT molecular complexity index is 1210. The number of hydrogen-bond donors (Lipinski definition) is 1. The molecule has 2 heterocycles. The number of aromatic nitrogens is 1. The highest BCUT2D eigenvalue weighted by Crippen LogP contribution is 2.33. The van der Waals surface area contributed by atoms with Crippen LogP contribution >= 0.6 is 11.8 Å². The number of nitrogens with one attached hydrogen (secondary N) is 1. The fourth-order valence-corrected chi connectivity index (χ4v) is 5.89. The summed E-state index contributed by atoms with van der Waals surface area (Å²) in [7, 11) is -2.13. The molecule has 4 rings (SSSR count). The van der Waals surface area contributed by atoms with Gasteiger partial charge in [0.25, 0.3) is 10.0 Å². The summed E-state index contributed by atoms with van der Waals surface area (Å²) in [6.07, 6.45) is 1.39. The van der Waals surface area contributed by atoms with E-state index in [0.717, 1.165) is 27.9 Å². The second-order valence-electron chi connectivity index (χ2n) is 6.95. The average molecular weight is 428 g/mol. The van der Waals surface area contributed by atoms with Crippen molar-refractivity contribution < 1.29 is 13.2 Å². The Hall–Kier alpha value is -2.58. The minimum Gasteiger partial charge on any atom is -0.351 e. The van der Waals surface area contributed by atoms with Gasteiger partial charge in [0.2, 0.25) is 0 Å². The minimum atomic E-state index is -3.70. The Morgan fingerprint density at radius 1 is 1.24 bits per heavy atom. The van der Waals surface area contributed by atoms with Crippen LogP contribution in [0.25, 0.3) is 10.9 Å². The normalized spacial score (nSPS) is 16.8. The van der Waals surface area contributed by atoms with Gasteiger partial charge < -0.3 is 9.78 Å². The lowest BCUT2D eigenvalue weighted by Crippen LogP contribution is -2.27. The molecule has 6 nitrogen and oxygen atoms in total. The van der Waals surface area contributed by atoms with Gasteiger partial charge in [-0.15, -0.1) is 0 Å². The molecule has 0 spiro atoms. The zero-order chi connectivity index (χ0) is 20.6. The van der Waals surface area contributed by atoms with E-state index in [-0.39, 0.29) is 5.25 Å². The highest BCUT2D eigenvalue weighted by Gasteiger charge is 2.26. The first-order valence-corrected chi connectivity index (χ1v) is 11.5. The number of para-hydroxylation sites is 1. The molecule has 0 fully saturated rings. The van der Waals surface area contributed by atoms with Crippen LogP contribution in [0.15, 0.2) is 58.4 Å². The maximum absolute atomic E-state index is 13.2. The Labute approximate surface area is 174 Å². The third kappa shape index (κ3) is 3.58. The molecule has 1 aromatic heterocycles. The zero-order valence-electron chi connectivity index (χ0n) is 16.1. The van der Waals surface area contributed by atoms with Gasteiger partial charge in [0.05, 0.1) is 28.3 Å². The molecule has 1 N–H and O–H groups in total. The van der Waals surface area contributed by atoms with Crippen LogP contribution in [0, 0.1) is 6.92 Å². The van der Waals surface area contributed by atoms with E-state index >= 15 is 0 Å². The molecule has 29 heavy (non-hydrogen) atoms. The van der Waals surface area contributed by atoms with E-state index in [4.69, 9.17) is 0 Å². The van der Waals surface area contributed by atoms with Crippen LogP contribution in [0.4, 0.5) is 5.69 Å². The maximum atomic E-state index is 13.2. The first-order valence-electron chi connectivity index (χ1n) is 9.23. The fourth-order valence-electron chi connectivity index (χ4n) is 3.44. The number of thioether (sulfide) groups is 1. The predicted molar refractivity (Wildman–Crippen MR) is 119 cm³/mol. The lowest BCUT2D eigenvalue weighted by Gasteiger charge is -2.21. The van der Waals surface area contributed by atoms with Crippen LogP contribution in [0.1, 0.15) is 17.7 Å². The number of carbonyl (C=O) groups excluding carboxylic acids is 1. The number of hydrogen-bond acceptors (Lipinski definition) is 5. The highest BCUT2D eigenvalue weighted by atomic mass is 32.2. The van der Waals surface area contributed by atoms with Gasteiger partial charge in [-0.2, -0.15) is 0 Å². The third-order valence-electron chi connectivity index (χ3n) is 5.01. The van der Waals surface area contributed by atoms with Gasteiger partial charge in [-0.05, 0) is 30.7 Å². The molecule has 1 atom stereocenters. The number of sulfonamides is 1. The molecule has 1 aliphatic rings. The third-order valence-corrected chi connectivity index (χ3v) is 8.19. The monoisotopic (exact) mass is 427 g/mol. The Morgan fingerprint density at radius 3 is 2.79 bits per heavy atom. The average Bonchev–Trinajstić information content (AvgIpc) is 3.34. The number of aromatic amines is 1. The number of carbonyl (C=O) groups is 1. The number of fused-ring (bicyclic) bond motifs is 1. The molecule has 0 saturated carbocycles. The molecule has 3 aromatic rings. The van der Waals surface area contributed by atoms with Gasteiger partial charge in [0.15, 0.2) is 0 Å². The van der Waals surface area contributed by atoms with Crippen molar-refractivity contribution in [2.75, 3.05) is 17.9 Å². The second-order valence-corrected chi connectivity index (χ2v) is 10.2. The van der Waals surface area contributed by atoms with Crippen LogP contribution in [0.2, 0.25) is 0 Å². The summed E-state index contributed by atoms with van der Waals surface area (Å²) in [5.74, 6) is 0. The minimum absolute atomic E-state index is 0.164. The Kier molecular flexibility index (Phi) is 5.23. The predicted octanol–water partition coefficient (Wildman–Crippen LogP) is 3.75. The second kappa shape index (κ2) is 7.68. The van der Waals surface area contributed by atoms with Crippen LogP contribution in [0.3, 0.4) is 0 Å². The highest BCUT2D eigenvalue weighted by molar-refractivity contribution is 8.15. The number of aliphatic imine (C=N–C) groups is 1. The van der Waals surface area contributed by atoms with Crippen molar-refractivity contribution >= 4 is 49.7 Å². The molecule has 0 radical (unpaired) electrons. The van der Waals surface area contributed by atoms with Crippen molar-refractivity contribution in [1.82, 2.24) is 4.98 Å². The summed E-state index contributed by atoms with van der Waals surface area (Å²) in [5.41, 5.74) is 2.86. The van der Waals surface area contributed by atoms with Gasteiger partial charge in [-0.1, -0.05) is 42.1 Å². The Balaban J connectivity index is 1.73. The maximum Gasteiger partial charge on any atom is 0.264 e. The quantitative estimate of drug-likeness (QED) is 0.608. The Morgan fingerprint density at radius 2 is 2.03 bits per heavy atom. The van der Waals surface area contributed by atoms with Gasteiger partial charge >= 0.3 is 0 Å². The summed E-state index contributed by atoms with van der Waals surface area (Å²) in [6.45, 7) is 2.40. The zero-order valence-corrected chi connectivity index (χ0v) is 17.8.